The SMILES string of the molecule is CCCCCCCCCCCCOC(=O)c1ccccc1.[LiH]. The summed E-state index contributed by atoms with van der Waals surface area (Å²) in [5.74, 6) is -0.202. The number of carbonyl (C=O) groups excluding carboxylic acids is 1. The Balaban J connectivity index is 0.00000441. The van der Waals surface area contributed by atoms with E-state index >= 15 is 0 Å². The molecule has 0 amide bonds. The first-order valence-corrected chi connectivity index (χ1v) is 8.56. The molecule has 3 heteroatoms. The van der Waals surface area contributed by atoms with E-state index in [0.29, 0.717) is 12.2 Å². The fourth-order valence-electron chi connectivity index (χ4n) is 2.41. The standard InChI is InChI=1S/C19H30O2.Li.H/c1-2-3-4-5-6-7-8-9-10-14-17-21-19(20)18-15-12-11-13-16-18;;/h11-13,15-16H,2-10,14,17H2,1H3;;. The van der Waals surface area contributed by atoms with Crippen molar-refractivity contribution in [2.75, 3.05) is 6.61 Å². The van der Waals surface area contributed by atoms with Gasteiger partial charge in [-0.05, 0) is 18.6 Å². The average Bonchev–Trinajstić information content (AvgIpc) is 2.53. The molecule has 0 N–H and O–H groups in total. The number of esters is 1. The molecule has 0 aromatic heterocycles. The first-order chi connectivity index (χ1) is 10.3. The van der Waals surface area contributed by atoms with Crippen molar-refractivity contribution in [1.82, 2.24) is 0 Å². The Labute approximate surface area is 148 Å². The molecule has 0 unspecified atom stereocenters. The van der Waals surface area contributed by atoms with E-state index in [4.69, 9.17) is 4.74 Å². The van der Waals surface area contributed by atoms with Gasteiger partial charge in [0, 0.05) is 0 Å². The maximum absolute atomic E-state index is 11.7. The summed E-state index contributed by atoms with van der Waals surface area (Å²) in [6, 6.07) is 9.20. The van der Waals surface area contributed by atoms with Crippen LogP contribution in [0.25, 0.3) is 0 Å². The third-order valence-electron chi connectivity index (χ3n) is 3.74. The zero-order valence-electron chi connectivity index (χ0n) is 13.5. The maximum atomic E-state index is 11.7. The van der Waals surface area contributed by atoms with Crippen LogP contribution in [0, 0.1) is 0 Å². The second-order valence-electron chi connectivity index (χ2n) is 5.68. The van der Waals surface area contributed by atoms with E-state index in [2.05, 4.69) is 6.92 Å². The van der Waals surface area contributed by atoms with E-state index < -0.39 is 0 Å². The predicted molar refractivity (Wildman–Crippen MR) is 95.7 cm³/mol. The summed E-state index contributed by atoms with van der Waals surface area (Å²) in [7, 11) is 0. The minimum absolute atomic E-state index is 0. The normalized spacial score (nSPS) is 10.0. The number of hydrogen-bond acceptors (Lipinski definition) is 2. The zero-order chi connectivity index (χ0) is 15.2. The van der Waals surface area contributed by atoms with Gasteiger partial charge in [-0.15, -0.1) is 0 Å². The summed E-state index contributed by atoms with van der Waals surface area (Å²) in [5, 5.41) is 0. The first-order valence-electron chi connectivity index (χ1n) is 8.56. The zero-order valence-corrected chi connectivity index (χ0v) is 13.5. The fraction of sp³-hybridized carbons (Fsp3) is 0.632. The molecule has 120 valence electrons. The van der Waals surface area contributed by atoms with Gasteiger partial charge in [0.1, 0.15) is 0 Å². The average molecular weight is 298 g/mol. The van der Waals surface area contributed by atoms with Gasteiger partial charge >= 0.3 is 24.8 Å². The van der Waals surface area contributed by atoms with Crippen molar-refractivity contribution in [2.45, 2.75) is 71.1 Å². The molecule has 1 aromatic rings. The number of rotatable bonds is 12. The van der Waals surface area contributed by atoms with Crippen molar-refractivity contribution in [1.29, 1.82) is 0 Å². The Morgan fingerprint density at radius 2 is 1.32 bits per heavy atom. The number of ether oxygens (including phenoxy) is 1. The second-order valence-corrected chi connectivity index (χ2v) is 5.68. The molecule has 0 aliphatic carbocycles. The Morgan fingerprint density at radius 1 is 0.818 bits per heavy atom. The molecule has 0 saturated heterocycles. The van der Waals surface area contributed by atoms with Gasteiger partial charge in [0.2, 0.25) is 0 Å². The second kappa shape index (κ2) is 15.2. The van der Waals surface area contributed by atoms with Crippen molar-refractivity contribution >= 4 is 24.8 Å². The number of unbranched alkanes of at least 4 members (excludes halogenated alkanes) is 9. The molecule has 1 rings (SSSR count). The molecule has 0 bridgehead atoms. The van der Waals surface area contributed by atoms with Crippen molar-refractivity contribution in [3.8, 4) is 0 Å². The van der Waals surface area contributed by atoms with Gasteiger partial charge in [-0.1, -0.05) is 82.9 Å². The molecular formula is C19H31LiO2. The first kappa shape index (κ1) is 21.3. The minimum atomic E-state index is -0.202. The van der Waals surface area contributed by atoms with Crippen LogP contribution in [0.4, 0.5) is 0 Å². The van der Waals surface area contributed by atoms with Crippen LogP contribution in [0.1, 0.15) is 81.5 Å². The van der Waals surface area contributed by atoms with E-state index in [0.717, 1.165) is 12.8 Å². The Morgan fingerprint density at radius 3 is 1.86 bits per heavy atom. The van der Waals surface area contributed by atoms with Crippen LogP contribution in [0.15, 0.2) is 30.3 Å². The van der Waals surface area contributed by atoms with Gasteiger partial charge in [-0.3, -0.25) is 0 Å². The molecule has 22 heavy (non-hydrogen) atoms. The molecule has 0 fully saturated rings. The molecule has 2 nitrogen and oxygen atoms in total. The summed E-state index contributed by atoms with van der Waals surface area (Å²) >= 11 is 0. The quantitative estimate of drug-likeness (QED) is 0.304. The monoisotopic (exact) mass is 298 g/mol. The summed E-state index contributed by atoms with van der Waals surface area (Å²) in [6.45, 7) is 2.80. The van der Waals surface area contributed by atoms with Gasteiger partial charge < -0.3 is 4.74 Å². The van der Waals surface area contributed by atoms with Crippen LogP contribution < -0.4 is 0 Å². The van der Waals surface area contributed by atoms with Crippen molar-refractivity contribution < 1.29 is 9.53 Å². The molecule has 0 radical (unpaired) electrons. The Hall–Kier alpha value is -0.713. The van der Waals surface area contributed by atoms with Gasteiger partial charge in [-0.2, -0.15) is 0 Å². The van der Waals surface area contributed by atoms with E-state index in [1.807, 2.05) is 18.2 Å². The molecule has 0 aliphatic heterocycles. The molecular weight excluding hydrogens is 267 g/mol. The van der Waals surface area contributed by atoms with Crippen LogP contribution in [-0.2, 0) is 4.74 Å². The van der Waals surface area contributed by atoms with Gasteiger partial charge in [0.05, 0.1) is 12.2 Å². The van der Waals surface area contributed by atoms with Gasteiger partial charge in [0.25, 0.3) is 0 Å². The van der Waals surface area contributed by atoms with E-state index in [1.165, 1.54) is 51.4 Å². The molecule has 0 aliphatic rings. The summed E-state index contributed by atoms with van der Waals surface area (Å²) in [5.41, 5.74) is 0.643. The summed E-state index contributed by atoms with van der Waals surface area (Å²) < 4.78 is 5.26. The number of carbonyl (C=O) groups is 1. The van der Waals surface area contributed by atoms with Gasteiger partial charge in [0.15, 0.2) is 0 Å². The van der Waals surface area contributed by atoms with E-state index in [9.17, 15) is 4.79 Å². The summed E-state index contributed by atoms with van der Waals surface area (Å²) in [6.07, 6.45) is 12.9. The molecule has 0 atom stereocenters. The van der Waals surface area contributed by atoms with Gasteiger partial charge in [-0.25, -0.2) is 4.79 Å². The molecule has 0 spiro atoms. The third kappa shape index (κ3) is 10.9. The number of hydrogen-bond donors (Lipinski definition) is 0. The third-order valence-corrected chi connectivity index (χ3v) is 3.74. The van der Waals surface area contributed by atoms with E-state index in [1.54, 1.807) is 12.1 Å². The fourth-order valence-corrected chi connectivity index (χ4v) is 2.41. The predicted octanol–water partition coefficient (Wildman–Crippen LogP) is 5.12. The van der Waals surface area contributed by atoms with Crippen LogP contribution in [0.2, 0.25) is 0 Å². The van der Waals surface area contributed by atoms with Crippen LogP contribution in [-0.4, -0.2) is 31.4 Å². The van der Waals surface area contributed by atoms with Crippen molar-refractivity contribution in [3.05, 3.63) is 35.9 Å². The van der Waals surface area contributed by atoms with Crippen LogP contribution in [0.3, 0.4) is 0 Å². The topological polar surface area (TPSA) is 26.3 Å². The number of benzene rings is 1. The Kier molecular flexibility index (Phi) is 14.7. The Bertz CT molecular complexity index is 365. The molecule has 0 saturated carbocycles. The molecule has 1 aromatic carbocycles. The van der Waals surface area contributed by atoms with Crippen molar-refractivity contribution in [2.24, 2.45) is 0 Å². The van der Waals surface area contributed by atoms with Crippen molar-refractivity contribution in [3.63, 3.8) is 0 Å². The van der Waals surface area contributed by atoms with Crippen LogP contribution in [0.5, 0.6) is 0 Å². The molecule has 0 heterocycles. The summed E-state index contributed by atoms with van der Waals surface area (Å²) in [4.78, 5) is 11.7. The van der Waals surface area contributed by atoms with E-state index in [-0.39, 0.29) is 24.8 Å². The van der Waals surface area contributed by atoms with Crippen LogP contribution >= 0.6 is 0 Å².